The average Bonchev–Trinajstić information content (AvgIpc) is 2.90. The number of hydrogen-bond donors (Lipinski definition) is 2. The molecule has 1 saturated heterocycles. The van der Waals surface area contributed by atoms with E-state index >= 15 is 0 Å². The lowest BCUT2D eigenvalue weighted by atomic mass is 10.1. The van der Waals surface area contributed by atoms with Crippen LogP contribution in [0.25, 0.3) is 0 Å². The zero-order valence-electron chi connectivity index (χ0n) is 14.0. The number of carbonyl (C=O) groups excluding carboxylic acids is 3. The molecule has 1 heterocycles. The summed E-state index contributed by atoms with van der Waals surface area (Å²) in [6.45, 7) is 2.72. The topological polar surface area (TPSA) is 78.5 Å². The number of urea groups is 1. The Bertz CT molecular complexity index is 605. The number of likely N-dealkylation sites (tertiary alicyclic amines) is 1. The number of imide groups is 1. The van der Waals surface area contributed by atoms with Crippen LogP contribution in [0.5, 0.6) is 0 Å². The van der Waals surface area contributed by atoms with Gasteiger partial charge < -0.3 is 10.6 Å². The fourth-order valence-electron chi connectivity index (χ4n) is 2.66. The van der Waals surface area contributed by atoms with Crippen LogP contribution < -0.4 is 10.6 Å². The first-order valence-electron chi connectivity index (χ1n) is 8.03. The van der Waals surface area contributed by atoms with Crippen molar-refractivity contribution < 1.29 is 14.4 Å². The van der Waals surface area contributed by atoms with Gasteiger partial charge in [0, 0.05) is 30.8 Å². The predicted molar refractivity (Wildman–Crippen MR) is 93.7 cm³/mol. The molecule has 1 fully saturated rings. The lowest BCUT2D eigenvalue weighted by molar-refractivity contribution is -0.138. The molecule has 0 unspecified atom stereocenters. The zero-order valence-corrected chi connectivity index (χ0v) is 14.8. The van der Waals surface area contributed by atoms with E-state index in [1.165, 1.54) is 4.90 Å². The van der Waals surface area contributed by atoms with Crippen molar-refractivity contribution in [1.82, 2.24) is 15.5 Å². The second kappa shape index (κ2) is 8.73. The van der Waals surface area contributed by atoms with Crippen LogP contribution in [-0.2, 0) is 9.59 Å². The molecule has 24 heavy (non-hydrogen) atoms. The molecule has 0 radical (unpaired) electrons. The summed E-state index contributed by atoms with van der Waals surface area (Å²) >= 11 is 1.65. The molecule has 7 heteroatoms. The number of nitrogens with one attached hydrogen (secondary N) is 2. The SMILES string of the molecule is CSc1ccccc1[C@@H](C)NC(=O)NCCCN1C(=O)CCC1=O. The van der Waals surface area contributed by atoms with E-state index in [0.717, 1.165) is 10.5 Å². The number of carbonyl (C=O) groups is 3. The summed E-state index contributed by atoms with van der Waals surface area (Å²) in [6, 6.07) is 7.60. The van der Waals surface area contributed by atoms with Crippen molar-refractivity contribution >= 4 is 29.6 Å². The minimum Gasteiger partial charge on any atom is -0.338 e. The van der Waals surface area contributed by atoms with E-state index in [9.17, 15) is 14.4 Å². The van der Waals surface area contributed by atoms with Crippen LogP contribution in [0.2, 0.25) is 0 Å². The minimum absolute atomic E-state index is 0.101. The quantitative estimate of drug-likeness (QED) is 0.450. The van der Waals surface area contributed by atoms with Crippen LogP contribution in [0.3, 0.4) is 0 Å². The van der Waals surface area contributed by atoms with Gasteiger partial charge in [-0.15, -0.1) is 11.8 Å². The van der Waals surface area contributed by atoms with Gasteiger partial charge in [-0.3, -0.25) is 14.5 Å². The van der Waals surface area contributed by atoms with Gasteiger partial charge in [0.05, 0.1) is 6.04 Å². The van der Waals surface area contributed by atoms with Crippen LogP contribution in [0.1, 0.15) is 37.8 Å². The van der Waals surface area contributed by atoms with Gasteiger partial charge in [-0.25, -0.2) is 4.79 Å². The Morgan fingerprint density at radius 1 is 1.25 bits per heavy atom. The highest BCUT2D eigenvalue weighted by Gasteiger charge is 2.27. The first-order chi connectivity index (χ1) is 11.5. The normalized spacial score (nSPS) is 15.5. The third kappa shape index (κ3) is 4.74. The molecule has 2 N–H and O–H groups in total. The van der Waals surface area contributed by atoms with Crippen LogP contribution in [0.4, 0.5) is 4.79 Å². The van der Waals surface area contributed by atoms with Crippen LogP contribution in [-0.4, -0.2) is 42.1 Å². The summed E-state index contributed by atoms with van der Waals surface area (Å²) in [7, 11) is 0. The predicted octanol–water partition coefficient (Wildman–Crippen LogP) is 2.31. The largest absolute Gasteiger partial charge is 0.338 e. The highest BCUT2D eigenvalue weighted by molar-refractivity contribution is 7.98. The Hall–Kier alpha value is -2.02. The molecule has 1 aromatic rings. The van der Waals surface area contributed by atoms with E-state index in [2.05, 4.69) is 10.6 Å². The molecule has 1 atom stereocenters. The van der Waals surface area contributed by atoms with Crippen LogP contribution in [0, 0.1) is 0 Å². The Labute approximate surface area is 146 Å². The van der Waals surface area contributed by atoms with Crippen molar-refractivity contribution in [2.75, 3.05) is 19.3 Å². The molecule has 6 nitrogen and oxygen atoms in total. The fourth-order valence-corrected chi connectivity index (χ4v) is 3.36. The first-order valence-corrected chi connectivity index (χ1v) is 9.26. The molecule has 2 rings (SSSR count). The lowest BCUT2D eigenvalue weighted by Gasteiger charge is -2.18. The molecule has 0 aromatic heterocycles. The molecule has 0 saturated carbocycles. The van der Waals surface area contributed by atoms with Crippen LogP contribution in [0.15, 0.2) is 29.2 Å². The van der Waals surface area contributed by atoms with E-state index < -0.39 is 0 Å². The van der Waals surface area contributed by atoms with Gasteiger partial charge in [-0.2, -0.15) is 0 Å². The third-order valence-electron chi connectivity index (χ3n) is 3.95. The molecule has 1 aliphatic heterocycles. The molecule has 0 bridgehead atoms. The summed E-state index contributed by atoms with van der Waals surface area (Å²) in [5, 5.41) is 5.67. The fraction of sp³-hybridized carbons (Fsp3) is 0.471. The highest BCUT2D eigenvalue weighted by Crippen LogP contribution is 2.25. The first kappa shape index (κ1) is 18.3. The maximum Gasteiger partial charge on any atom is 0.315 e. The molecule has 1 aliphatic rings. The van der Waals surface area contributed by atoms with Gasteiger partial charge in [0.15, 0.2) is 0 Å². The molecule has 0 spiro atoms. The van der Waals surface area contributed by atoms with Crippen molar-refractivity contribution in [2.24, 2.45) is 0 Å². The van der Waals surface area contributed by atoms with Gasteiger partial charge in [0.25, 0.3) is 0 Å². The van der Waals surface area contributed by atoms with Gasteiger partial charge in [-0.05, 0) is 31.2 Å². The lowest BCUT2D eigenvalue weighted by Crippen LogP contribution is -2.39. The molecular weight excluding hydrogens is 326 g/mol. The summed E-state index contributed by atoms with van der Waals surface area (Å²) < 4.78 is 0. The molecule has 4 amide bonds. The summed E-state index contributed by atoms with van der Waals surface area (Å²) in [5.41, 5.74) is 1.08. The van der Waals surface area contributed by atoms with Crippen LogP contribution >= 0.6 is 11.8 Å². The Morgan fingerprint density at radius 2 is 1.92 bits per heavy atom. The third-order valence-corrected chi connectivity index (χ3v) is 4.76. The van der Waals surface area contributed by atoms with Crippen molar-refractivity contribution in [3.8, 4) is 0 Å². The van der Waals surface area contributed by atoms with Crippen molar-refractivity contribution in [3.05, 3.63) is 29.8 Å². The molecular formula is C17H23N3O3S. The van der Waals surface area contributed by atoms with Crippen molar-refractivity contribution in [2.45, 2.75) is 37.1 Å². The smallest absolute Gasteiger partial charge is 0.315 e. The summed E-state index contributed by atoms with van der Waals surface area (Å²) in [6.07, 6.45) is 3.17. The number of rotatable bonds is 7. The number of thioether (sulfide) groups is 1. The standard InChI is InChI=1S/C17H23N3O3S/c1-12(13-6-3-4-7-14(13)24-2)19-17(23)18-10-5-11-20-15(21)8-9-16(20)22/h3-4,6-7,12H,5,8-11H2,1-2H3,(H2,18,19,23)/t12-/m1/s1. The van der Waals surface area contributed by atoms with E-state index in [1.807, 2.05) is 37.4 Å². The molecule has 1 aromatic carbocycles. The second-order valence-corrected chi connectivity index (χ2v) is 6.50. The maximum atomic E-state index is 12.0. The monoisotopic (exact) mass is 349 g/mol. The van der Waals surface area contributed by atoms with Gasteiger partial charge in [0.2, 0.25) is 11.8 Å². The average molecular weight is 349 g/mol. The number of benzene rings is 1. The van der Waals surface area contributed by atoms with E-state index in [1.54, 1.807) is 11.8 Å². The van der Waals surface area contributed by atoms with Gasteiger partial charge >= 0.3 is 6.03 Å². The molecule has 0 aliphatic carbocycles. The van der Waals surface area contributed by atoms with Crippen molar-refractivity contribution in [1.29, 1.82) is 0 Å². The van der Waals surface area contributed by atoms with Gasteiger partial charge in [-0.1, -0.05) is 18.2 Å². The number of amides is 4. The van der Waals surface area contributed by atoms with Crippen molar-refractivity contribution in [3.63, 3.8) is 0 Å². The molecule has 130 valence electrons. The number of hydrogen-bond acceptors (Lipinski definition) is 4. The Kier molecular flexibility index (Phi) is 6.66. The number of nitrogens with zero attached hydrogens (tertiary/aromatic N) is 1. The maximum absolute atomic E-state index is 12.0. The Morgan fingerprint density at radius 3 is 2.58 bits per heavy atom. The van der Waals surface area contributed by atoms with E-state index in [4.69, 9.17) is 0 Å². The van der Waals surface area contributed by atoms with E-state index in [-0.39, 0.29) is 23.9 Å². The summed E-state index contributed by atoms with van der Waals surface area (Å²) in [5.74, 6) is -0.238. The second-order valence-electron chi connectivity index (χ2n) is 5.66. The van der Waals surface area contributed by atoms with E-state index in [0.29, 0.717) is 32.4 Å². The minimum atomic E-state index is -0.252. The zero-order chi connectivity index (χ0) is 17.5. The Balaban J connectivity index is 1.73. The highest BCUT2D eigenvalue weighted by atomic mass is 32.2. The van der Waals surface area contributed by atoms with Gasteiger partial charge in [0.1, 0.15) is 0 Å². The summed E-state index contributed by atoms with van der Waals surface area (Å²) in [4.78, 5) is 37.3.